The van der Waals surface area contributed by atoms with Crippen LogP contribution < -0.4 is 14.2 Å². The van der Waals surface area contributed by atoms with E-state index in [4.69, 9.17) is 9.47 Å². The van der Waals surface area contributed by atoms with Crippen molar-refractivity contribution in [3.63, 3.8) is 0 Å². The number of halogens is 5. The van der Waals surface area contributed by atoms with E-state index in [2.05, 4.69) is 14.5 Å². The molecule has 1 aliphatic rings. The summed E-state index contributed by atoms with van der Waals surface area (Å²) in [5, 5.41) is 0. The van der Waals surface area contributed by atoms with Gasteiger partial charge in [0.15, 0.2) is 11.5 Å². The van der Waals surface area contributed by atoms with Crippen LogP contribution in [0.2, 0.25) is 0 Å². The molecule has 1 aromatic heterocycles. The van der Waals surface area contributed by atoms with Crippen molar-refractivity contribution in [2.45, 2.75) is 24.6 Å². The van der Waals surface area contributed by atoms with E-state index in [9.17, 15) is 26.7 Å². The predicted octanol–water partition coefficient (Wildman–Crippen LogP) is 4.69. The Balaban J connectivity index is 1.95. The lowest BCUT2D eigenvalue weighted by Crippen LogP contribution is -2.17. The van der Waals surface area contributed by atoms with Crippen molar-refractivity contribution in [1.29, 1.82) is 0 Å². The van der Waals surface area contributed by atoms with Gasteiger partial charge in [0, 0.05) is 24.8 Å². The average molecular weight is 419 g/mol. The number of methoxy groups -OCH3 is 2. The second-order valence-corrected chi connectivity index (χ2v) is 6.08. The minimum atomic E-state index is -4.90. The molecule has 0 amide bonds. The molecule has 1 aliphatic carbocycles. The minimum Gasteiger partial charge on any atom is -0.493 e. The van der Waals surface area contributed by atoms with Crippen LogP contribution in [0.4, 0.5) is 22.0 Å². The Morgan fingerprint density at radius 3 is 2.38 bits per heavy atom. The first kappa shape index (κ1) is 20.6. The lowest BCUT2D eigenvalue weighted by molar-refractivity contribution is -0.274. The molecule has 1 atom stereocenters. The van der Waals surface area contributed by atoms with Gasteiger partial charge in [0.2, 0.25) is 0 Å². The van der Waals surface area contributed by atoms with Gasteiger partial charge in [-0.3, -0.25) is 4.98 Å². The topological polar surface area (TPSA) is 66.9 Å². The van der Waals surface area contributed by atoms with Crippen LogP contribution in [-0.2, 0) is 4.74 Å². The summed E-state index contributed by atoms with van der Waals surface area (Å²) in [6, 6.07) is 4.18. The number of benzene rings is 1. The van der Waals surface area contributed by atoms with Gasteiger partial charge in [0.25, 0.3) is 5.92 Å². The molecule has 0 spiro atoms. The van der Waals surface area contributed by atoms with Crippen molar-refractivity contribution in [2.24, 2.45) is 0 Å². The summed E-state index contributed by atoms with van der Waals surface area (Å²) in [5.41, 5.74) is -0.147. The molecular weight excluding hydrogens is 405 g/mol. The Kier molecular flexibility index (Phi) is 5.24. The number of hydrogen-bond donors (Lipinski definition) is 0. The Morgan fingerprint density at radius 1 is 1.14 bits per heavy atom. The monoisotopic (exact) mass is 419 g/mol. The van der Waals surface area contributed by atoms with Gasteiger partial charge in [0.05, 0.1) is 25.8 Å². The third kappa shape index (κ3) is 4.66. The maximum atomic E-state index is 13.4. The lowest BCUT2D eigenvalue weighted by atomic mass is 10.2. The summed E-state index contributed by atoms with van der Waals surface area (Å²) in [6.45, 7) is 0. The SMILES string of the molecule is COC(=O)c1cnc(C2CC2(F)F)cc1Oc1ccc(OC(F)(F)F)cc1OC. The number of aromatic nitrogens is 1. The molecule has 3 rings (SSSR count). The van der Waals surface area contributed by atoms with Gasteiger partial charge in [0.1, 0.15) is 17.1 Å². The fourth-order valence-electron chi connectivity index (χ4n) is 2.57. The molecule has 0 N–H and O–H groups in total. The van der Waals surface area contributed by atoms with Crippen molar-refractivity contribution in [2.75, 3.05) is 14.2 Å². The first-order chi connectivity index (χ1) is 13.5. The number of nitrogens with zero attached hydrogens (tertiary/aromatic N) is 1. The van der Waals surface area contributed by atoms with Crippen LogP contribution in [0.3, 0.4) is 0 Å². The fraction of sp³-hybridized carbons (Fsp3) is 0.333. The standard InChI is InChI=1S/C18H14F5NO5/c1-26-15-5-9(29-18(21,22)23)3-4-13(15)28-14-6-12(11-7-17(11,19)20)24-8-10(14)16(25)27-2/h3-6,8,11H,7H2,1-2H3. The van der Waals surface area contributed by atoms with Gasteiger partial charge in [-0.15, -0.1) is 13.2 Å². The van der Waals surface area contributed by atoms with Crippen LogP contribution in [-0.4, -0.2) is 37.5 Å². The fourth-order valence-corrected chi connectivity index (χ4v) is 2.57. The zero-order valence-electron chi connectivity index (χ0n) is 15.0. The quantitative estimate of drug-likeness (QED) is 0.500. The second kappa shape index (κ2) is 7.37. The van der Waals surface area contributed by atoms with Crippen molar-refractivity contribution in [3.8, 4) is 23.0 Å². The highest BCUT2D eigenvalue weighted by molar-refractivity contribution is 5.92. The van der Waals surface area contributed by atoms with Crippen LogP contribution in [0, 0.1) is 0 Å². The van der Waals surface area contributed by atoms with E-state index in [-0.39, 0.29) is 34.9 Å². The molecule has 0 radical (unpaired) electrons. The average Bonchev–Trinajstić information content (AvgIpc) is 3.29. The normalized spacial score (nSPS) is 17.4. The molecule has 1 saturated carbocycles. The Labute approximate surface area is 161 Å². The van der Waals surface area contributed by atoms with Gasteiger partial charge < -0.3 is 18.9 Å². The summed E-state index contributed by atoms with van der Waals surface area (Å²) < 4.78 is 82.9. The molecule has 0 saturated heterocycles. The van der Waals surface area contributed by atoms with Gasteiger partial charge in [-0.05, 0) is 12.1 Å². The summed E-state index contributed by atoms with van der Waals surface area (Å²) in [5.74, 6) is -5.77. The van der Waals surface area contributed by atoms with E-state index in [1.54, 1.807) is 0 Å². The molecule has 0 aliphatic heterocycles. The van der Waals surface area contributed by atoms with Crippen LogP contribution in [0.1, 0.15) is 28.4 Å². The van der Waals surface area contributed by atoms with Crippen molar-refractivity contribution in [3.05, 3.63) is 41.7 Å². The Hall–Kier alpha value is -3.11. The van der Waals surface area contributed by atoms with Crippen LogP contribution in [0.25, 0.3) is 0 Å². The van der Waals surface area contributed by atoms with E-state index < -0.39 is 29.9 Å². The van der Waals surface area contributed by atoms with Crippen LogP contribution >= 0.6 is 0 Å². The maximum Gasteiger partial charge on any atom is 0.573 e. The summed E-state index contributed by atoms with van der Waals surface area (Å²) in [6.07, 6.45) is -4.25. The summed E-state index contributed by atoms with van der Waals surface area (Å²) in [7, 11) is 2.29. The number of alkyl halides is 5. The number of esters is 1. The number of pyridine rings is 1. The number of ether oxygens (including phenoxy) is 4. The highest BCUT2D eigenvalue weighted by atomic mass is 19.4. The number of carbonyl (C=O) groups is 1. The van der Waals surface area contributed by atoms with Gasteiger partial charge in [-0.2, -0.15) is 0 Å². The molecule has 6 nitrogen and oxygen atoms in total. The summed E-state index contributed by atoms with van der Waals surface area (Å²) >= 11 is 0. The summed E-state index contributed by atoms with van der Waals surface area (Å²) in [4.78, 5) is 15.8. The minimum absolute atomic E-state index is 0.00800. The van der Waals surface area contributed by atoms with Crippen LogP contribution in [0.5, 0.6) is 23.0 Å². The van der Waals surface area contributed by atoms with Crippen molar-refractivity contribution >= 4 is 5.97 Å². The van der Waals surface area contributed by atoms with E-state index in [0.717, 1.165) is 37.6 Å². The molecule has 1 aromatic carbocycles. The van der Waals surface area contributed by atoms with Gasteiger partial charge in [-0.1, -0.05) is 0 Å². The third-order valence-electron chi connectivity index (χ3n) is 4.06. The van der Waals surface area contributed by atoms with Crippen molar-refractivity contribution < 1.29 is 45.7 Å². The number of rotatable bonds is 6. The van der Waals surface area contributed by atoms with Gasteiger partial charge >= 0.3 is 12.3 Å². The highest BCUT2D eigenvalue weighted by Crippen LogP contribution is 2.55. The van der Waals surface area contributed by atoms with E-state index in [0.29, 0.717) is 0 Å². The molecule has 1 unspecified atom stereocenters. The Morgan fingerprint density at radius 2 is 1.83 bits per heavy atom. The smallest absolute Gasteiger partial charge is 0.493 e. The second-order valence-electron chi connectivity index (χ2n) is 6.08. The Bertz CT molecular complexity index is 931. The zero-order chi connectivity index (χ0) is 21.4. The lowest BCUT2D eigenvalue weighted by Gasteiger charge is -2.15. The maximum absolute atomic E-state index is 13.4. The largest absolute Gasteiger partial charge is 0.573 e. The molecule has 156 valence electrons. The molecule has 29 heavy (non-hydrogen) atoms. The predicted molar refractivity (Wildman–Crippen MR) is 87.6 cm³/mol. The highest BCUT2D eigenvalue weighted by Gasteiger charge is 2.58. The van der Waals surface area contributed by atoms with E-state index >= 15 is 0 Å². The van der Waals surface area contributed by atoms with Crippen LogP contribution in [0.15, 0.2) is 30.5 Å². The number of carbonyl (C=O) groups excluding carboxylic acids is 1. The number of hydrogen-bond acceptors (Lipinski definition) is 6. The molecular formula is C18H14F5NO5. The van der Waals surface area contributed by atoms with Gasteiger partial charge in [-0.25, -0.2) is 13.6 Å². The molecule has 1 heterocycles. The van der Waals surface area contributed by atoms with Crippen molar-refractivity contribution in [1.82, 2.24) is 4.98 Å². The molecule has 1 fully saturated rings. The third-order valence-corrected chi connectivity index (χ3v) is 4.06. The molecule has 0 bridgehead atoms. The zero-order valence-corrected chi connectivity index (χ0v) is 15.0. The first-order valence-corrected chi connectivity index (χ1v) is 8.12. The van der Waals surface area contributed by atoms with E-state index in [1.807, 2.05) is 0 Å². The molecule has 2 aromatic rings. The van der Waals surface area contributed by atoms with E-state index in [1.165, 1.54) is 7.11 Å². The molecule has 11 heteroatoms. The first-order valence-electron chi connectivity index (χ1n) is 8.12.